The van der Waals surface area contributed by atoms with E-state index in [2.05, 4.69) is 10.7 Å². The molecule has 2 N–H and O–H groups in total. The maximum Gasteiger partial charge on any atom is 0.336 e. The highest BCUT2D eigenvalue weighted by molar-refractivity contribution is 7.10. The quantitative estimate of drug-likeness (QED) is 0.463. The molecule has 0 saturated heterocycles. The predicted octanol–water partition coefficient (Wildman–Crippen LogP) is 5.63. The highest BCUT2D eigenvalue weighted by Gasteiger charge is 2.21. The number of rotatable bonds is 8. The van der Waals surface area contributed by atoms with Gasteiger partial charge in [0.1, 0.15) is 17.3 Å². The molecule has 3 aromatic rings. The molecule has 0 aliphatic heterocycles. The molecule has 6 heteroatoms. The number of carboxylic acid groups (broad SMARTS) is 1. The Hall–Kier alpha value is -3.25. The van der Waals surface area contributed by atoms with Gasteiger partial charge in [0.05, 0.1) is 11.3 Å². The van der Waals surface area contributed by atoms with Crippen LogP contribution < -0.4 is 5.32 Å². The molecule has 1 aliphatic carbocycles. The van der Waals surface area contributed by atoms with Crippen molar-refractivity contribution in [2.45, 2.75) is 31.2 Å². The Kier molecular flexibility index (Phi) is 6.05. The third-order valence-corrected chi connectivity index (χ3v) is 6.18. The van der Waals surface area contributed by atoms with Crippen molar-refractivity contribution in [3.8, 4) is 0 Å². The lowest BCUT2D eigenvalue weighted by molar-refractivity contribution is -0.108. The second kappa shape index (κ2) is 9.05. The summed E-state index contributed by atoms with van der Waals surface area (Å²) in [7, 11) is 0. The first-order valence-corrected chi connectivity index (χ1v) is 10.8. The Bertz CT molecular complexity index is 1090. The summed E-state index contributed by atoms with van der Waals surface area (Å²) in [4.78, 5) is 27.9. The molecule has 30 heavy (non-hydrogen) atoms. The molecule has 1 heterocycles. The van der Waals surface area contributed by atoms with E-state index in [1.54, 1.807) is 29.5 Å². The normalized spacial score (nSPS) is 14.9. The maximum absolute atomic E-state index is 11.7. The largest absolute Gasteiger partial charge is 0.478 e. The van der Waals surface area contributed by atoms with Crippen LogP contribution in [0.2, 0.25) is 0 Å². The molecule has 1 fully saturated rings. The molecule has 5 nitrogen and oxygen atoms in total. The number of aromatic nitrogens is 1. The van der Waals surface area contributed by atoms with E-state index in [1.165, 1.54) is 31.0 Å². The number of nitrogens with zero attached hydrogens (tertiary/aromatic N) is 1. The zero-order valence-corrected chi connectivity index (χ0v) is 17.1. The van der Waals surface area contributed by atoms with Crippen molar-refractivity contribution in [3.63, 3.8) is 0 Å². The number of aromatic carboxylic acids is 1. The van der Waals surface area contributed by atoms with E-state index in [4.69, 9.17) is 4.98 Å². The molecule has 1 aromatic heterocycles. The zero-order chi connectivity index (χ0) is 20.9. The van der Waals surface area contributed by atoms with Crippen LogP contribution in [0.5, 0.6) is 0 Å². The zero-order valence-electron chi connectivity index (χ0n) is 16.3. The molecule has 1 unspecified atom stereocenters. The van der Waals surface area contributed by atoms with Gasteiger partial charge in [0, 0.05) is 17.0 Å². The van der Waals surface area contributed by atoms with E-state index in [0.717, 1.165) is 22.5 Å². The summed E-state index contributed by atoms with van der Waals surface area (Å²) in [6.07, 6.45) is 8.50. The number of anilines is 1. The number of nitrogens with one attached hydrogen (secondary N) is 1. The van der Waals surface area contributed by atoms with Crippen LogP contribution in [-0.2, 0) is 4.79 Å². The minimum atomic E-state index is -1.05. The summed E-state index contributed by atoms with van der Waals surface area (Å²) in [5.74, 6) is -0.425. The number of hydrogen-bond acceptors (Lipinski definition) is 5. The van der Waals surface area contributed by atoms with Crippen LogP contribution in [0.4, 0.5) is 5.69 Å². The lowest BCUT2D eigenvalue weighted by Crippen LogP contribution is -2.16. The Morgan fingerprint density at radius 2 is 2.00 bits per heavy atom. The number of carbonyl (C=O) groups is 2. The van der Waals surface area contributed by atoms with Crippen molar-refractivity contribution in [2.75, 3.05) is 5.32 Å². The molecule has 0 bridgehead atoms. The SMILES string of the molecule is O=CC(Nc1cccc(C=Cc2nc(C3CCC3)cs2)c1)c1ccccc1C(=O)O. The summed E-state index contributed by atoms with van der Waals surface area (Å²) in [6, 6.07) is 13.4. The van der Waals surface area contributed by atoms with Crippen LogP contribution >= 0.6 is 11.3 Å². The molecule has 2 aromatic carbocycles. The van der Waals surface area contributed by atoms with Crippen molar-refractivity contribution < 1.29 is 14.7 Å². The monoisotopic (exact) mass is 418 g/mol. The molecular formula is C24H22N2O3S. The summed E-state index contributed by atoms with van der Waals surface area (Å²) in [6.45, 7) is 0. The number of hydrogen-bond donors (Lipinski definition) is 2. The first kappa shape index (κ1) is 20.0. The lowest BCUT2D eigenvalue weighted by Gasteiger charge is -2.22. The van der Waals surface area contributed by atoms with Crippen molar-refractivity contribution in [1.29, 1.82) is 0 Å². The van der Waals surface area contributed by atoms with Crippen molar-refractivity contribution in [3.05, 3.63) is 81.3 Å². The number of benzene rings is 2. The Morgan fingerprint density at radius 3 is 2.73 bits per heavy atom. The Labute approximate surface area is 179 Å². The Morgan fingerprint density at radius 1 is 1.17 bits per heavy atom. The van der Waals surface area contributed by atoms with Gasteiger partial charge in [-0.3, -0.25) is 0 Å². The number of thiazole rings is 1. The van der Waals surface area contributed by atoms with E-state index in [1.807, 2.05) is 36.4 Å². The standard InChI is InChI=1S/C24H22N2O3S/c27-14-21(19-9-1-2-10-20(19)24(28)29)25-18-8-3-5-16(13-18)11-12-23-26-22(15-30-23)17-6-4-7-17/h1-3,5,8-15,17,21,25H,4,6-7H2,(H,28,29). The first-order valence-electron chi connectivity index (χ1n) is 9.91. The average Bonchev–Trinajstić information content (AvgIpc) is 3.17. The predicted molar refractivity (Wildman–Crippen MR) is 120 cm³/mol. The highest BCUT2D eigenvalue weighted by Crippen LogP contribution is 2.36. The molecule has 0 amide bonds. The van der Waals surface area contributed by atoms with Crippen molar-refractivity contribution >= 4 is 41.4 Å². The van der Waals surface area contributed by atoms with Crippen LogP contribution in [0, 0.1) is 0 Å². The van der Waals surface area contributed by atoms with Crippen molar-refractivity contribution in [1.82, 2.24) is 4.98 Å². The van der Waals surface area contributed by atoms with Gasteiger partial charge >= 0.3 is 5.97 Å². The summed E-state index contributed by atoms with van der Waals surface area (Å²) in [5.41, 5.74) is 3.46. The van der Waals surface area contributed by atoms with E-state index < -0.39 is 12.0 Å². The third kappa shape index (κ3) is 4.49. The fraction of sp³-hybridized carbons (Fsp3) is 0.208. The maximum atomic E-state index is 11.7. The second-order valence-electron chi connectivity index (χ2n) is 7.35. The molecule has 1 aliphatic rings. The van der Waals surface area contributed by atoms with Gasteiger partial charge < -0.3 is 15.2 Å². The smallest absolute Gasteiger partial charge is 0.336 e. The van der Waals surface area contributed by atoms with Gasteiger partial charge in [-0.15, -0.1) is 11.3 Å². The van der Waals surface area contributed by atoms with Gasteiger partial charge in [0.25, 0.3) is 0 Å². The van der Waals surface area contributed by atoms with Gasteiger partial charge in [0.2, 0.25) is 0 Å². The molecule has 1 saturated carbocycles. The van der Waals surface area contributed by atoms with Crippen LogP contribution in [0.3, 0.4) is 0 Å². The summed E-state index contributed by atoms with van der Waals surface area (Å²) in [5, 5.41) is 15.7. The van der Waals surface area contributed by atoms with Crippen LogP contribution in [0.15, 0.2) is 53.9 Å². The fourth-order valence-corrected chi connectivity index (χ4v) is 4.29. The lowest BCUT2D eigenvalue weighted by atomic mass is 9.83. The van der Waals surface area contributed by atoms with Gasteiger partial charge in [-0.1, -0.05) is 42.8 Å². The average molecular weight is 419 g/mol. The van der Waals surface area contributed by atoms with Gasteiger partial charge in [-0.2, -0.15) is 0 Å². The molecule has 152 valence electrons. The molecule has 0 spiro atoms. The Balaban J connectivity index is 1.49. The number of carbonyl (C=O) groups excluding carboxylic acids is 1. The first-order chi connectivity index (χ1) is 14.6. The van der Waals surface area contributed by atoms with E-state index in [9.17, 15) is 14.7 Å². The van der Waals surface area contributed by atoms with E-state index >= 15 is 0 Å². The third-order valence-electron chi connectivity index (χ3n) is 5.35. The summed E-state index contributed by atoms with van der Waals surface area (Å²) >= 11 is 1.65. The van der Waals surface area contributed by atoms with Gasteiger partial charge in [-0.05, 0) is 48.2 Å². The van der Waals surface area contributed by atoms with Crippen LogP contribution in [-0.4, -0.2) is 22.3 Å². The minimum absolute atomic E-state index is 0.115. The second-order valence-corrected chi connectivity index (χ2v) is 8.24. The minimum Gasteiger partial charge on any atom is -0.478 e. The van der Waals surface area contributed by atoms with E-state index in [0.29, 0.717) is 11.5 Å². The van der Waals surface area contributed by atoms with Gasteiger partial charge in [-0.25, -0.2) is 9.78 Å². The fourth-order valence-electron chi connectivity index (χ4n) is 3.50. The highest BCUT2D eigenvalue weighted by atomic mass is 32.1. The summed E-state index contributed by atoms with van der Waals surface area (Å²) < 4.78 is 0. The molecular weight excluding hydrogens is 396 g/mol. The van der Waals surface area contributed by atoms with Gasteiger partial charge in [0.15, 0.2) is 0 Å². The van der Waals surface area contributed by atoms with Crippen molar-refractivity contribution in [2.24, 2.45) is 0 Å². The molecule has 1 atom stereocenters. The van der Waals surface area contributed by atoms with E-state index in [-0.39, 0.29) is 5.56 Å². The van der Waals surface area contributed by atoms with Crippen LogP contribution in [0.1, 0.15) is 63.4 Å². The number of carboxylic acids is 1. The number of aldehydes is 1. The van der Waals surface area contributed by atoms with Crippen LogP contribution in [0.25, 0.3) is 12.2 Å². The molecule has 4 rings (SSSR count). The molecule has 0 radical (unpaired) electrons. The topological polar surface area (TPSA) is 79.3 Å².